The highest BCUT2D eigenvalue weighted by Gasteiger charge is 2.25. The number of nitrogens with zero attached hydrogens (tertiary/aromatic N) is 2. The molecule has 23 heavy (non-hydrogen) atoms. The lowest BCUT2D eigenvalue weighted by molar-refractivity contribution is -0.127. The smallest absolute Gasteiger partial charge is 0.223 e. The molecule has 5 nitrogen and oxygen atoms in total. The first kappa shape index (κ1) is 15.7. The third-order valence-electron chi connectivity index (χ3n) is 4.44. The van der Waals surface area contributed by atoms with E-state index in [-0.39, 0.29) is 17.9 Å². The Morgan fingerprint density at radius 2 is 2.13 bits per heavy atom. The molecule has 2 aromatic rings. The number of amides is 1. The number of aromatic nitrogens is 2. The molecule has 122 valence electrons. The molecule has 0 aliphatic heterocycles. The maximum atomic E-state index is 12.2. The zero-order valence-electron chi connectivity index (χ0n) is 13.2. The minimum atomic E-state index is -0.334. The van der Waals surface area contributed by atoms with Crippen LogP contribution >= 0.6 is 0 Å². The van der Waals surface area contributed by atoms with Crippen molar-refractivity contribution in [2.75, 3.05) is 0 Å². The number of carbonyl (C=O) groups excluding carboxylic acids is 1. The Labute approximate surface area is 136 Å². The second-order valence-electron chi connectivity index (χ2n) is 6.19. The minimum Gasteiger partial charge on any atom is -0.393 e. The summed E-state index contributed by atoms with van der Waals surface area (Å²) in [6.45, 7) is 1.17. The molecule has 3 rings (SSSR count). The van der Waals surface area contributed by atoms with E-state index in [2.05, 4.69) is 22.4 Å². The zero-order valence-corrected chi connectivity index (χ0v) is 13.2. The number of carbonyl (C=O) groups is 1. The largest absolute Gasteiger partial charge is 0.393 e. The maximum Gasteiger partial charge on any atom is 0.223 e. The van der Waals surface area contributed by atoms with E-state index in [1.54, 1.807) is 6.20 Å². The second-order valence-corrected chi connectivity index (χ2v) is 6.19. The van der Waals surface area contributed by atoms with Crippen molar-refractivity contribution in [2.45, 2.75) is 44.9 Å². The number of benzene rings is 1. The van der Waals surface area contributed by atoms with Gasteiger partial charge >= 0.3 is 0 Å². The van der Waals surface area contributed by atoms with Gasteiger partial charge < -0.3 is 15.0 Å². The third kappa shape index (κ3) is 4.20. The fourth-order valence-electron chi connectivity index (χ4n) is 3.14. The fourth-order valence-corrected chi connectivity index (χ4v) is 3.14. The molecule has 1 aliphatic carbocycles. The third-order valence-corrected chi connectivity index (χ3v) is 4.44. The summed E-state index contributed by atoms with van der Waals surface area (Å²) >= 11 is 0. The van der Waals surface area contributed by atoms with Crippen molar-refractivity contribution in [3.05, 3.63) is 54.1 Å². The molecule has 0 bridgehead atoms. The molecule has 1 aliphatic rings. The van der Waals surface area contributed by atoms with E-state index >= 15 is 0 Å². The standard InChI is InChI=1S/C18H23N3O2/c22-16-8-4-7-15(11-16)18(23)20-12-17-19-9-10-21(17)13-14-5-2-1-3-6-14/h1-3,5-6,9-10,15-16,22H,4,7-8,11-13H2,(H,20,23)/t15-,16-/m1/s1. The molecular formula is C18H23N3O2. The van der Waals surface area contributed by atoms with Gasteiger partial charge in [-0.15, -0.1) is 0 Å². The van der Waals surface area contributed by atoms with Crippen LogP contribution in [-0.4, -0.2) is 26.7 Å². The molecule has 2 atom stereocenters. The lowest BCUT2D eigenvalue weighted by atomic mass is 9.87. The highest BCUT2D eigenvalue weighted by atomic mass is 16.3. The minimum absolute atomic E-state index is 0.0259. The first-order valence-corrected chi connectivity index (χ1v) is 8.22. The van der Waals surface area contributed by atoms with Crippen LogP contribution in [0.5, 0.6) is 0 Å². The molecular weight excluding hydrogens is 290 g/mol. The highest BCUT2D eigenvalue weighted by molar-refractivity contribution is 5.78. The Bertz CT molecular complexity index is 639. The summed E-state index contributed by atoms with van der Waals surface area (Å²) in [5.74, 6) is 0.799. The van der Waals surface area contributed by atoms with Gasteiger partial charge in [-0.1, -0.05) is 36.8 Å². The summed E-state index contributed by atoms with van der Waals surface area (Å²) in [6, 6.07) is 10.2. The average Bonchev–Trinajstić information content (AvgIpc) is 3.00. The van der Waals surface area contributed by atoms with Crippen LogP contribution in [0.4, 0.5) is 0 Å². The monoisotopic (exact) mass is 313 g/mol. The Morgan fingerprint density at radius 3 is 2.91 bits per heavy atom. The van der Waals surface area contributed by atoms with Crippen molar-refractivity contribution >= 4 is 5.91 Å². The van der Waals surface area contributed by atoms with Gasteiger partial charge in [0.2, 0.25) is 5.91 Å². The summed E-state index contributed by atoms with van der Waals surface area (Å²) in [7, 11) is 0. The quantitative estimate of drug-likeness (QED) is 0.888. The molecule has 1 saturated carbocycles. The van der Waals surface area contributed by atoms with E-state index in [1.165, 1.54) is 5.56 Å². The van der Waals surface area contributed by atoms with Gasteiger partial charge in [-0.3, -0.25) is 4.79 Å². The first-order valence-electron chi connectivity index (χ1n) is 8.22. The van der Waals surface area contributed by atoms with Crippen LogP contribution in [0.15, 0.2) is 42.7 Å². The van der Waals surface area contributed by atoms with Crippen molar-refractivity contribution in [1.82, 2.24) is 14.9 Å². The zero-order chi connectivity index (χ0) is 16.1. The number of aliphatic hydroxyl groups is 1. The predicted molar refractivity (Wildman–Crippen MR) is 87.6 cm³/mol. The van der Waals surface area contributed by atoms with Crippen LogP contribution in [0.25, 0.3) is 0 Å². The van der Waals surface area contributed by atoms with Crippen LogP contribution < -0.4 is 5.32 Å². The van der Waals surface area contributed by atoms with Crippen molar-refractivity contribution < 1.29 is 9.90 Å². The number of nitrogens with one attached hydrogen (secondary N) is 1. The van der Waals surface area contributed by atoms with Gasteiger partial charge in [0, 0.05) is 24.9 Å². The van der Waals surface area contributed by atoms with E-state index in [0.717, 1.165) is 31.6 Å². The van der Waals surface area contributed by atoms with E-state index in [9.17, 15) is 9.90 Å². The highest BCUT2D eigenvalue weighted by Crippen LogP contribution is 2.24. The molecule has 1 heterocycles. The molecule has 1 aromatic heterocycles. The molecule has 0 radical (unpaired) electrons. The number of hydrogen-bond acceptors (Lipinski definition) is 3. The van der Waals surface area contributed by atoms with Gasteiger partial charge in [0.25, 0.3) is 0 Å². The summed E-state index contributed by atoms with van der Waals surface area (Å²) in [5, 5.41) is 12.7. The lowest BCUT2D eigenvalue weighted by Crippen LogP contribution is -2.35. The summed E-state index contributed by atoms with van der Waals surface area (Å²) in [4.78, 5) is 16.6. The molecule has 0 spiro atoms. The van der Waals surface area contributed by atoms with Gasteiger partial charge in [-0.25, -0.2) is 4.98 Å². The Kier molecular flexibility index (Phi) is 5.08. The summed E-state index contributed by atoms with van der Waals surface area (Å²) < 4.78 is 2.05. The Balaban J connectivity index is 1.56. The number of aliphatic hydroxyl groups excluding tert-OH is 1. The maximum absolute atomic E-state index is 12.2. The number of hydrogen-bond donors (Lipinski definition) is 2. The second kappa shape index (κ2) is 7.42. The SMILES string of the molecule is O=C(NCc1nccn1Cc1ccccc1)[C@@H]1CCC[C@@H](O)C1. The molecule has 1 aromatic carbocycles. The van der Waals surface area contributed by atoms with Gasteiger partial charge in [0.15, 0.2) is 0 Å². The van der Waals surface area contributed by atoms with Gasteiger partial charge in [0.05, 0.1) is 12.6 Å². The van der Waals surface area contributed by atoms with Crippen LogP contribution in [0.3, 0.4) is 0 Å². The van der Waals surface area contributed by atoms with Crippen molar-refractivity contribution in [3.63, 3.8) is 0 Å². The normalized spacial score (nSPS) is 21.1. The molecule has 1 fully saturated rings. The topological polar surface area (TPSA) is 67.2 Å². The van der Waals surface area contributed by atoms with Crippen LogP contribution in [-0.2, 0) is 17.9 Å². The van der Waals surface area contributed by atoms with Crippen molar-refractivity contribution in [3.8, 4) is 0 Å². The fraction of sp³-hybridized carbons (Fsp3) is 0.444. The Hall–Kier alpha value is -2.14. The predicted octanol–water partition coefficient (Wildman–Crippen LogP) is 2.10. The van der Waals surface area contributed by atoms with Crippen LogP contribution in [0.2, 0.25) is 0 Å². The van der Waals surface area contributed by atoms with Crippen molar-refractivity contribution in [2.24, 2.45) is 5.92 Å². The summed E-state index contributed by atoms with van der Waals surface area (Å²) in [6.07, 6.45) is 6.52. The van der Waals surface area contributed by atoms with E-state index in [1.807, 2.05) is 29.0 Å². The van der Waals surface area contributed by atoms with E-state index < -0.39 is 0 Å². The van der Waals surface area contributed by atoms with Crippen LogP contribution in [0.1, 0.15) is 37.1 Å². The molecule has 2 N–H and O–H groups in total. The molecule has 0 saturated heterocycles. The lowest BCUT2D eigenvalue weighted by Gasteiger charge is -2.24. The average molecular weight is 313 g/mol. The number of rotatable bonds is 5. The van der Waals surface area contributed by atoms with Crippen molar-refractivity contribution in [1.29, 1.82) is 0 Å². The van der Waals surface area contributed by atoms with Gasteiger partial charge in [-0.05, 0) is 24.8 Å². The van der Waals surface area contributed by atoms with Crippen LogP contribution in [0, 0.1) is 5.92 Å². The molecule has 0 unspecified atom stereocenters. The van der Waals surface area contributed by atoms with Gasteiger partial charge in [0.1, 0.15) is 5.82 Å². The summed E-state index contributed by atoms with van der Waals surface area (Å²) in [5.41, 5.74) is 1.20. The Morgan fingerprint density at radius 1 is 1.30 bits per heavy atom. The molecule has 5 heteroatoms. The number of imidazole rings is 1. The first-order chi connectivity index (χ1) is 11.2. The van der Waals surface area contributed by atoms with Gasteiger partial charge in [-0.2, -0.15) is 0 Å². The molecule has 1 amide bonds. The van der Waals surface area contributed by atoms with E-state index in [0.29, 0.717) is 13.0 Å². The van der Waals surface area contributed by atoms with E-state index in [4.69, 9.17) is 0 Å².